The molecule has 0 aliphatic heterocycles. The number of thiocarbonyl (C=S) groups is 1. The Morgan fingerprint density at radius 3 is 2.64 bits per heavy atom. The summed E-state index contributed by atoms with van der Waals surface area (Å²) in [5, 5.41) is 3.39. The van der Waals surface area contributed by atoms with Gasteiger partial charge in [0.25, 0.3) is 0 Å². The van der Waals surface area contributed by atoms with Crippen LogP contribution in [0.15, 0.2) is 46.9 Å². The number of nitrogens with one attached hydrogen (secondary N) is 3. The van der Waals surface area contributed by atoms with E-state index >= 15 is 0 Å². The Bertz CT molecular complexity index is 686. The zero-order chi connectivity index (χ0) is 18.1. The molecule has 2 aromatic rings. The fourth-order valence-corrected chi connectivity index (χ4v) is 2.10. The minimum absolute atomic E-state index is 0.184. The highest BCUT2D eigenvalue weighted by atomic mass is 32.1. The largest absolute Gasteiger partial charge is 0.486 e. The molecule has 0 spiro atoms. The number of benzene rings is 1. The summed E-state index contributed by atoms with van der Waals surface area (Å²) in [6.45, 7) is 5.27. The van der Waals surface area contributed by atoms with Gasteiger partial charge in [-0.1, -0.05) is 32.0 Å². The lowest BCUT2D eigenvalue weighted by Gasteiger charge is -2.11. The predicted molar refractivity (Wildman–Crippen MR) is 100 cm³/mol. The molecule has 134 valence electrons. The summed E-state index contributed by atoms with van der Waals surface area (Å²) in [7, 11) is 0. The lowest BCUT2D eigenvalue weighted by Crippen LogP contribution is -2.47. The van der Waals surface area contributed by atoms with E-state index in [-0.39, 0.29) is 12.4 Å². The van der Waals surface area contributed by atoms with E-state index in [1.54, 1.807) is 12.1 Å². The van der Waals surface area contributed by atoms with Gasteiger partial charge < -0.3 is 14.5 Å². The second-order valence-corrected chi connectivity index (χ2v) is 6.29. The molecule has 0 aliphatic rings. The molecule has 0 aliphatic carbocycles. The summed E-state index contributed by atoms with van der Waals surface area (Å²) in [6, 6.07) is 12.7. The SMILES string of the molecule is CC(C)CCNC(=S)NNC(=O)c1ccc(COc2ccccc2)o1. The molecule has 0 saturated carbocycles. The standard InChI is InChI=1S/C18H23N3O3S/c1-13(2)10-11-19-18(25)21-20-17(22)16-9-8-15(24-16)12-23-14-6-4-3-5-7-14/h3-9,13H,10-12H2,1-2H3,(H,20,22)(H2,19,21,25). The molecule has 6 nitrogen and oxygen atoms in total. The molecule has 7 heteroatoms. The molecule has 0 radical (unpaired) electrons. The van der Waals surface area contributed by atoms with E-state index in [9.17, 15) is 4.79 Å². The van der Waals surface area contributed by atoms with Crippen LogP contribution in [0.5, 0.6) is 5.75 Å². The molecule has 1 heterocycles. The monoisotopic (exact) mass is 361 g/mol. The summed E-state index contributed by atoms with van der Waals surface area (Å²) in [5.74, 6) is 1.67. The van der Waals surface area contributed by atoms with E-state index < -0.39 is 5.91 Å². The van der Waals surface area contributed by atoms with Crippen LogP contribution in [-0.2, 0) is 6.61 Å². The maximum absolute atomic E-state index is 12.0. The molecule has 1 amide bonds. The van der Waals surface area contributed by atoms with Crippen molar-refractivity contribution in [1.29, 1.82) is 0 Å². The molecular weight excluding hydrogens is 338 g/mol. The molecule has 1 aromatic heterocycles. The maximum Gasteiger partial charge on any atom is 0.305 e. The molecular formula is C18H23N3O3S. The van der Waals surface area contributed by atoms with Crippen LogP contribution < -0.4 is 20.9 Å². The summed E-state index contributed by atoms with van der Waals surface area (Å²) < 4.78 is 11.0. The molecule has 1 aromatic carbocycles. The van der Waals surface area contributed by atoms with Crippen molar-refractivity contribution in [3.63, 3.8) is 0 Å². The molecule has 3 N–H and O–H groups in total. The minimum atomic E-state index is -0.404. The predicted octanol–water partition coefficient (Wildman–Crippen LogP) is 3.01. The maximum atomic E-state index is 12.0. The molecule has 0 atom stereocenters. The van der Waals surface area contributed by atoms with Crippen LogP contribution >= 0.6 is 12.2 Å². The van der Waals surface area contributed by atoms with E-state index in [2.05, 4.69) is 30.0 Å². The van der Waals surface area contributed by atoms with Crippen LogP contribution in [-0.4, -0.2) is 17.6 Å². The van der Waals surface area contributed by atoms with E-state index in [1.165, 1.54) is 0 Å². The highest BCUT2D eigenvalue weighted by Gasteiger charge is 2.11. The fourth-order valence-electron chi connectivity index (χ4n) is 1.94. The second kappa shape index (κ2) is 9.68. The van der Waals surface area contributed by atoms with Gasteiger partial charge in [-0.3, -0.25) is 15.6 Å². The smallest absolute Gasteiger partial charge is 0.305 e. The Labute approximate surface area is 152 Å². The van der Waals surface area contributed by atoms with Gasteiger partial charge in [0.15, 0.2) is 10.9 Å². The quantitative estimate of drug-likeness (QED) is 0.520. The van der Waals surface area contributed by atoms with Gasteiger partial charge in [-0.05, 0) is 48.8 Å². The van der Waals surface area contributed by atoms with Crippen molar-refractivity contribution in [2.24, 2.45) is 5.92 Å². The third-order valence-corrected chi connectivity index (χ3v) is 3.55. The Morgan fingerprint density at radius 2 is 1.92 bits per heavy atom. The number of carbonyl (C=O) groups is 1. The molecule has 0 bridgehead atoms. The van der Waals surface area contributed by atoms with Gasteiger partial charge in [0.2, 0.25) is 0 Å². The topological polar surface area (TPSA) is 75.5 Å². The third-order valence-electron chi connectivity index (χ3n) is 3.31. The molecule has 0 fully saturated rings. The van der Waals surface area contributed by atoms with Crippen molar-refractivity contribution >= 4 is 23.2 Å². The zero-order valence-electron chi connectivity index (χ0n) is 14.4. The van der Waals surface area contributed by atoms with Crippen molar-refractivity contribution < 1.29 is 13.9 Å². The average Bonchev–Trinajstić information content (AvgIpc) is 3.07. The number of hydrogen-bond acceptors (Lipinski definition) is 4. The first-order valence-corrected chi connectivity index (χ1v) is 8.56. The Kier molecular flexibility index (Phi) is 7.28. The van der Waals surface area contributed by atoms with Gasteiger partial charge in [0.05, 0.1) is 0 Å². The number of hydrazine groups is 1. The van der Waals surface area contributed by atoms with Crippen molar-refractivity contribution in [2.75, 3.05) is 6.54 Å². The number of amides is 1. The van der Waals surface area contributed by atoms with Crippen LogP contribution in [0.25, 0.3) is 0 Å². The molecule has 0 saturated heterocycles. The Balaban J connectivity index is 1.73. The van der Waals surface area contributed by atoms with E-state index in [1.807, 2.05) is 30.3 Å². The van der Waals surface area contributed by atoms with Gasteiger partial charge in [0, 0.05) is 6.54 Å². The van der Waals surface area contributed by atoms with Gasteiger partial charge in [-0.25, -0.2) is 0 Å². The third kappa shape index (κ3) is 6.84. The zero-order valence-corrected chi connectivity index (χ0v) is 15.2. The molecule has 25 heavy (non-hydrogen) atoms. The number of hydrogen-bond donors (Lipinski definition) is 3. The van der Waals surface area contributed by atoms with Crippen LogP contribution in [0.4, 0.5) is 0 Å². The number of para-hydroxylation sites is 1. The highest BCUT2D eigenvalue weighted by molar-refractivity contribution is 7.80. The highest BCUT2D eigenvalue weighted by Crippen LogP contribution is 2.13. The summed E-state index contributed by atoms with van der Waals surface area (Å²) in [4.78, 5) is 12.0. The minimum Gasteiger partial charge on any atom is -0.486 e. The van der Waals surface area contributed by atoms with Crippen molar-refractivity contribution in [3.8, 4) is 5.75 Å². The van der Waals surface area contributed by atoms with Crippen LogP contribution in [0.2, 0.25) is 0 Å². The van der Waals surface area contributed by atoms with E-state index in [0.29, 0.717) is 16.8 Å². The number of furan rings is 1. The summed E-state index contributed by atoms with van der Waals surface area (Å²) in [5.41, 5.74) is 5.15. The lowest BCUT2D eigenvalue weighted by atomic mass is 10.1. The normalized spacial score (nSPS) is 10.4. The van der Waals surface area contributed by atoms with E-state index in [4.69, 9.17) is 21.4 Å². The van der Waals surface area contributed by atoms with Gasteiger partial charge in [-0.15, -0.1) is 0 Å². The Morgan fingerprint density at radius 1 is 1.16 bits per heavy atom. The lowest BCUT2D eigenvalue weighted by molar-refractivity contribution is 0.0911. The first kappa shape index (κ1) is 18.8. The van der Waals surface area contributed by atoms with Crippen molar-refractivity contribution in [3.05, 3.63) is 54.0 Å². The molecule has 0 unspecified atom stereocenters. The van der Waals surface area contributed by atoms with Gasteiger partial charge >= 0.3 is 5.91 Å². The van der Waals surface area contributed by atoms with Gasteiger partial charge in [-0.2, -0.15) is 0 Å². The number of rotatable bonds is 7. The average molecular weight is 361 g/mol. The number of ether oxygens (including phenoxy) is 1. The first-order valence-electron chi connectivity index (χ1n) is 8.15. The van der Waals surface area contributed by atoms with Crippen LogP contribution in [0, 0.1) is 5.92 Å². The Hall–Kier alpha value is -2.54. The van der Waals surface area contributed by atoms with Crippen LogP contribution in [0.3, 0.4) is 0 Å². The van der Waals surface area contributed by atoms with Crippen molar-refractivity contribution in [1.82, 2.24) is 16.2 Å². The fraction of sp³-hybridized carbons (Fsp3) is 0.333. The second-order valence-electron chi connectivity index (χ2n) is 5.89. The van der Waals surface area contributed by atoms with Gasteiger partial charge in [0.1, 0.15) is 18.1 Å². The number of carbonyl (C=O) groups excluding carboxylic acids is 1. The summed E-state index contributed by atoms with van der Waals surface area (Å²) in [6.07, 6.45) is 0.999. The van der Waals surface area contributed by atoms with E-state index in [0.717, 1.165) is 18.7 Å². The first-order chi connectivity index (χ1) is 12.0. The van der Waals surface area contributed by atoms with Crippen LogP contribution in [0.1, 0.15) is 36.6 Å². The van der Waals surface area contributed by atoms with Crippen molar-refractivity contribution in [2.45, 2.75) is 26.9 Å². The molecule has 2 rings (SSSR count). The summed E-state index contributed by atoms with van der Waals surface area (Å²) >= 11 is 5.09.